The molecule has 31 heavy (non-hydrogen) atoms. The minimum atomic E-state index is -0.637. The zero-order valence-electron chi connectivity index (χ0n) is 17.8. The van der Waals surface area contributed by atoms with Crippen LogP contribution in [0.5, 0.6) is 0 Å². The van der Waals surface area contributed by atoms with Gasteiger partial charge in [-0.1, -0.05) is 23.2 Å². The summed E-state index contributed by atoms with van der Waals surface area (Å²) in [6, 6.07) is 10.7. The summed E-state index contributed by atoms with van der Waals surface area (Å²) in [5.41, 5.74) is 2.98. The van der Waals surface area contributed by atoms with Gasteiger partial charge < -0.3 is 24.3 Å². The molecular weight excluding hydrogens is 392 g/mol. The maximum atomic E-state index is 9.75. The van der Waals surface area contributed by atoms with Gasteiger partial charge in [0.1, 0.15) is 17.6 Å². The van der Waals surface area contributed by atoms with Gasteiger partial charge in [0.2, 0.25) is 5.76 Å². The number of aryl methyl sites for hydroxylation is 1. The van der Waals surface area contributed by atoms with Gasteiger partial charge >= 0.3 is 0 Å². The van der Waals surface area contributed by atoms with Gasteiger partial charge in [0.05, 0.1) is 13.2 Å². The first-order chi connectivity index (χ1) is 15.2. The van der Waals surface area contributed by atoms with Crippen molar-refractivity contribution in [3.8, 4) is 11.8 Å². The fourth-order valence-electron chi connectivity index (χ4n) is 3.62. The Morgan fingerprint density at radius 1 is 1.29 bits per heavy atom. The molecule has 0 bridgehead atoms. The van der Waals surface area contributed by atoms with Crippen molar-refractivity contribution in [3.05, 3.63) is 71.1 Å². The number of imidazole rings is 1. The average molecular weight is 421 g/mol. The van der Waals surface area contributed by atoms with E-state index in [4.69, 9.17) is 9.26 Å². The molecule has 1 aliphatic heterocycles. The van der Waals surface area contributed by atoms with Crippen molar-refractivity contribution in [2.75, 3.05) is 19.8 Å². The molecule has 0 unspecified atom stereocenters. The lowest BCUT2D eigenvalue weighted by atomic mass is 10.1. The molecule has 3 aromatic rings. The van der Waals surface area contributed by atoms with Crippen molar-refractivity contribution in [2.45, 2.75) is 44.9 Å². The van der Waals surface area contributed by atoms with E-state index in [0.29, 0.717) is 24.2 Å². The Morgan fingerprint density at radius 3 is 2.94 bits per heavy atom. The monoisotopic (exact) mass is 420 g/mol. The quantitative estimate of drug-likeness (QED) is 0.431. The maximum absolute atomic E-state index is 9.75. The second-order valence-corrected chi connectivity index (χ2v) is 7.84. The first-order valence-electron chi connectivity index (χ1n) is 10.7. The Kier molecular flexibility index (Phi) is 7.15. The summed E-state index contributed by atoms with van der Waals surface area (Å²) < 4.78 is 12.6. The number of nitrogens with zero attached hydrogens (tertiary/aromatic N) is 3. The fourth-order valence-corrected chi connectivity index (χ4v) is 3.62. The number of benzene rings is 1. The number of nitrogens with one attached hydrogen (secondary N) is 1. The molecule has 1 saturated heterocycles. The van der Waals surface area contributed by atoms with Crippen LogP contribution in [0.2, 0.25) is 0 Å². The molecule has 2 atom stereocenters. The molecule has 2 N–H and O–H groups in total. The normalized spacial score (nSPS) is 16.8. The molecule has 7 nitrogen and oxygen atoms in total. The lowest BCUT2D eigenvalue weighted by Gasteiger charge is -2.09. The molecule has 3 heterocycles. The van der Waals surface area contributed by atoms with Gasteiger partial charge in [-0.2, -0.15) is 0 Å². The largest absolute Gasteiger partial charge is 0.385 e. The summed E-state index contributed by atoms with van der Waals surface area (Å²) in [6.45, 7) is 4.90. The Labute approximate surface area is 182 Å². The van der Waals surface area contributed by atoms with Gasteiger partial charge in [-0.3, -0.25) is 0 Å². The molecule has 162 valence electrons. The summed E-state index contributed by atoms with van der Waals surface area (Å²) in [7, 11) is 0. The highest BCUT2D eigenvalue weighted by Gasteiger charge is 2.14. The van der Waals surface area contributed by atoms with Crippen LogP contribution in [0, 0.1) is 11.8 Å². The predicted molar refractivity (Wildman–Crippen MR) is 116 cm³/mol. The Bertz CT molecular complexity index is 1020. The Hall–Kier alpha value is -2.92. The van der Waals surface area contributed by atoms with Gasteiger partial charge in [0.15, 0.2) is 0 Å². The lowest BCUT2D eigenvalue weighted by Crippen LogP contribution is -2.30. The topological polar surface area (TPSA) is 85.3 Å². The van der Waals surface area contributed by atoms with Crippen LogP contribution < -0.4 is 5.32 Å². The van der Waals surface area contributed by atoms with Gasteiger partial charge in [-0.15, -0.1) is 0 Å². The zero-order valence-corrected chi connectivity index (χ0v) is 17.8. The molecule has 1 aliphatic rings. The molecule has 0 amide bonds. The molecule has 1 aromatic carbocycles. The highest BCUT2D eigenvalue weighted by atomic mass is 16.5. The number of aliphatic hydroxyl groups is 1. The number of ether oxygens (including phenoxy) is 1. The van der Waals surface area contributed by atoms with Gasteiger partial charge in [0, 0.05) is 36.7 Å². The van der Waals surface area contributed by atoms with Crippen LogP contribution in [0.3, 0.4) is 0 Å². The smallest absolute Gasteiger partial charge is 0.210 e. The number of hydrogen-bond donors (Lipinski definition) is 2. The molecule has 0 saturated carbocycles. The van der Waals surface area contributed by atoms with Crippen LogP contribution in [-0.2, 0) is 17.7 Å². The van der Waals surface area contributed by atoms with Crippen LogP contribution in [0.4, 0.5) is 0 Å². The van der Waals surface area contributed by atoms with Crippen molar-refractivity contribution >= 4 is 0 Å². The summed E-state index contributed by atoms with van der Waals surface area (Å²) in [5.74, 6) is 7.26. The molecule has 0 aliphatic carbocycles. The van der Waals surface area contributed by atoms with E-state index in [2.05, 4.69) is 39.4 Å². The van der Waals surface area contributed by atoms with E-state index in [1.165, 1.54) is 5.56 Å². The van der Waals surface area contributed by atoms with E-state index < -0.39 is 6.10 Å². The van der Waals surface area contributed by atoms with Gasteiger partial charge in [-0.05, 0) is 56.3 Å². The third-order valence-electron chi connectivity index (χ3n) is 5.30. The van der Waals surface area contributed by atoms with E-state index in [-0.39, 0.29) is 0 Å². The molecule has 0 radical (unpaired) electrons. The molecule has 1 fully saturated rings. The van der Waals surface area contributed by atoms with Crippen molar-refractivity contribution in [1.82, 2.24) is 20.0 Å². The fraction of sp³-hybridized carbons (Fsp3) is 0.417. The van der Waals surface area contributed by atoms with Crippen molar-refractivity contribution < 1.29 is 14.4 Å². The highest BCUT2D eigenvalue weighted by Crippen LogP contribution is 2.13. The Balaban J connectivity index is 1.27. The third kappa shape index (κ3) is 6.05. The van der Waals surface area contributed by atoms with Crippen LogP contribution in [0.1, 0.15) is 54.3 Å². The average Bonchev–Trinajstić information content (AvgIpc) is 3.53. The van der Waals surface area contributed by atoms with Gasteiger partial charge in [-0.25, -0.2) is 4.98 Å². The minimum absolute atomic E-state index is 0.475. The third-order valence-corrected chi connectivity index (χ3v) is 5.30. The first kappa shape index (κ1) is 21.3. The Morgan fingerprint density at radius 2 is 2.16 bits per heavy atom. The molecule has 7 heteroatoms. The van der Waals surface area contributed by atoms with Crippen molar-refractivity contribution in [1.29, 1.82) is 0 Å². The molecular formula is C24H28N4O3. The summed E-state index contributed by atoms with van der Waals surface area (Å²) in [5, 5.41) is 17.4. The van der Waals surface area contributed by atoms with Gasteiger partial charge in [0.25, 0.3) is 0 Å². The number of hydrogen-bond acceptors (Lipinski definition) is 6. The zero-order chi connectivity index (χ0) is 21.5. The second-order valence-electron chi connectivity index (χ2n) is 7.84. The lowest BCUT2D eigenvalue weighted by molar-refractivity contribution is 0.184. The summed E-state index contributed by atoms with van der Waals surface area (Å²) in [6.07, 6.45) is 6.10. The second kappa shape index (κ2) is 10.4. The van der Waals surface area contributed by atoms with Crippen LogP contribution in [-0.4, -0.2) is 45.6 Å². The minimum Gasteiger partial charge on any atom is -0.385 e. The van der Waals surface area contributed by atoms with E-state index in [9.17, 15) is 5.11 Å². The summed E-state index contributed by atoms with van der Waals surface area (Å²) >= 11 is 0. The van der Waals surface area contributed by atoms with E-state index >= 15 is 0 Å². The van der Waals surface area contributed by atoms with Crippen molar-refractivity contribution in [3.63, 3.8) is 0 Å². The highest BCUT2D eigenvalue weighted by molar-refractivity contribution is 5.40. The molecule has 2 aromatic heterocycles. The molecule has 4 rings (SSSR count). The van der Waals surface area contributed by atoms with Crippen LogP contribution >= 0.6 is 0 Å². The number of rotatable bonds is 8. The standard InChI is InChI=1S/C24H28N4O3/c1-18(29)24-26-12-13-28(24)16-22-15-23(31-27-22)9-8-20-6-4-19(5-7-20)3-2-11-25-21-10-14-30-17-21/h4-7,12-13,15,18,21,25,29H,2-3,10-11,14,16-17H2,1H3/t18-,21-/m0/s1. The predicted octanol–water partition coefficient (Wildman–Crippen LogP) is 2.68. The molecule has 0 spiro atoms. The number of aliphatic hydroxyl groups excluding tert-OH is 1. The van der Waals surface area contributed by atoms with E-state index in [1.54, 1.807) is 13.1 Å². The van der Waals surface area contributed by atoms with Crippen LogP contribution in [0.25, 0.3) is 0 Å². The van der Waals surface area contributed by atoms with E-state index in [1.807, 2.05) is 29.0 Å². The first-order valence-corrected chi connectivity index (χ1v) is 10.7. The van der Waals surface area contributed by atoms with Crippen molar-refractivity contribution in [2.24, 2.45) is 0 Å². The van der Waals surface area contributed by atoms with E-state index in [0.717, 1.165) is 50.3 Å². The number of aromatic nitrogens is 3. The SMILES string of the molecule is C[C@H](O)c1nccn1Cc1cc(C#Cc2ccc(CCCN[C@H]3CCOC3)cc2)on1. The maximum Gasteiger partial charge on any atom is 0.210 e. The van der Waals surface area contributed by atoms with Crippen LogP contribution in [0.15, 0.2) is 47.2 Å². The summed E-state index contributed by atoms with van der Waals surface area (Å²) in [4.78, 5) is 4.16.